The number of nitrogens with zero attached hydrogens (tertiary/aromatic N) is 1. The number of hydrogen-bond acceptors (Lipinski definition) is 4. The average Bonchev–Trinajstić information content (AvgIpc) is 3.17. The zero-order valence-electron chi connectivity index (χ0n) is 15.1. The predicted molar refractivity (Wildman–Crippen MR) is 104 cm³/mol. The van der Waals surface area contributed by atoms with Crippen molar-refractivity contribution in [3.8, 4) is 22.8 Å². The fourth-order valence-electron chi connectivity index (χ4n) is 2.67. The van der Waals surface area contributed by atoms with E-state index in [2.05, 4.69) is 15.5 Å². The summed E-state index contributed by atoms with van der Waals surface area (Å²) in [5.74, 6) is 1.09. The first-order valence-corrected chi connectivity index (χ1v) is 8.87. The SMILES string of the molecule is CCOc1cc(CNC(=O)c2cn[nH]c2-c2ccc(Cl)cc2)ccc1OC. The van der Waals surface area contributed by atoms with Crippen molar-refractivity contribution in [2.24, 2.45) is 0 Å². The normalized spacial score (nSPS) is 10.5. The number of benzene rings is 2. The Bertz CT molecular complexity index is 922. The van der Waals surface area contributed by atoms with E-state index in [1.807, 2.05) is 37.3 Å². The number of carbonyl (C=O) groups excluding carboxylic acids is 1. The molecule has 0 radical (unpaired) electrons. The third kappa shape index (κ3) is 4.41. The maximum absolute atomic E-state index is 12.6. The molecule has 2 aromatic carbocycles. The van der Waals surface area contributed by atoms with Crippen LogP contribution in [0, 0.1) is 0 Å². The first kappa shape index (κ1) is 18.8. The van der Waals surface area contributed by atoms with Gasteiger partial charge in [-0.3, -0.25) is 9.89 Å². The van der Waals surface area contributed by atoms with Crippen LogP contribution in [0.2, 0.25) is 5.02 Å². The molecule has 0 saturated heterocycles. The minimum Gasteiger partial charge on any atom is -0.493 e. The lowest BCUT2D eigenvalue weighted by Gasteiger charge is -2.12. The van der Waals surface area contributed by atoms with Gasteiger partial charge < -0.3 is 14.8 Å². The van der Waals surface area contributed by atoms with Crippen molar-refractivity contribution in [3.05, 3.63) is 64.8 Å². The second-order valence-electron chi connectivity index (χ2n) is 5.77. The Morgan fingerprint density at radius 1 is 1.19 bits per heavy atom. The van der Waals surface area contributed by atoms with Crippen molar-refractivity contribution in [1.82, 2.24) is 15.5 Å². The number of methoxy groups -OCH3 is 1. The van der Waals surface area contributed by atoms with Gasteiger partial charge in [-0.1, -0.05) is 29.8 Å². The zero-order valence-corrected chi connectivity index (χ0v) is 15.8. The van der Waals surface area contributed by atoms with Crippen molar-refractivity contribution in [2.45, 2.75) is 13.5 Å². The molecule has 1 heterocycles. The quantitative estimate of drug-likeness (QED) is 0.642. The number of aromatic nitrogens is 2. The van der Waals surface area contributed by atoms with Gasteiger partial charge in [-0.2, -0.15) is 5.10 Å². The van der Waals surface area contributed by atoms with E-state index >= 15 is 0 Å². The molecule has 2 N–H and O–H groups in total. The largest absolute Gasteiger partial charge is 0.493 e. The highest BCUT2D eigenvalue weighted by Crippen LogP contribution is 2.28. The molecule has 1 aromatic heterocycles. The number of nitrogens with one attached hydrogen (secondary N) is 2. The Labute approximate surface area is 162 Å². The van der Waals surface area contributed by atoms with Crippen LogP contribution in [0.3, 0.4) is 0 Å². The van der Waals surface area contributed by atoms with E-state index in [4.69, 9.17) is 21.1 Å². The van der Waals surface area contributed by atoms with E-state index < -0.39 is 0 Å². The molecule has 140 valence electrons. The molecule has 0 saturated carbocycles. The van der Waals surface area contributed by atoms with Crippen molar-refractivity contribution in [2.75, 3.05) is 13.7 Å². The van der Waals surface area contributed by atoms with E-state index in [1.165, 1.54) is 6.20 Å². The number of halogens is 1. The number of hydrogen-bond donors (Lipinski definition) is 2. The number of ether oxygens (including phenoxy) is 2. The zero-order chi connectivity index (χ0) is 19.2. The van der Waals surface area contributed by atoms with Crippen LogP contribution in [0.15, 0.2) is 48.7 Å². The molecule has 7 heteroatoms. The van der Waals surface area contributed by atoms with Gasteiger partial charge in [0.2, 0.25) is 0 Å². The molecule has 0 fully saturated rings. The topological polar surface area (TPSA) is 76.2 Å². The van der Waals surface area contributed by atoms with Gasteiger partial charge in [-0.15, -0.1) is 0 Å². The first-order chi connectivity index (χ1) is 13.1. The van der Waals surface area contributed by atoms with Gasteiger partial charge in [0.1, 0.15) is 0 Å². The van der Waals surface area contributed by atoms with Gasteiger partial charge in [0, 0.05) is 17.1 Å². The Hall–Kier alpha value is -2.99. The van der Waals surface area contributed by atoms with Crippen LogP contribution < -0.4 is 14.8 Å². The number of rotatable bonds is 7. The molecule has 0 bridgehead atoms. The summed E-state index contributed by atoms with van der Waals surface area (Å²) in [4.78, 5) is 12.6. The molecule has 3 rings (SSSR count). The third-order valence-electron chi connectivity index (χ3n) is 4.00. The van der Waals surface area contributed by atoms with Gasteiger partial charge in [0.15, 0.2) is 11.5 Å². The minimum atomic E-state index is -0.220. The summed E-state index contributed by atoms with van der Waals surface area (Å²) in [6.07, 6.45) is 1.51. The highest BCUT2D eigenvalue weighted by Gasteiger charge is 2.15. The fraction of sp³-hybridized carbons (Fsp3) is 0.200. The summed E-state index contributed by atoms with van der Waals surface area (Å²) in [6.45, 7) is 2.80. The Morgan fingerprint density at radius 2 is 1.96 bits per heavy atom. The molecule has 6 nitrogen and oxygen atoms in total. The van der Waals surface area contributed by atoms with Crippen molar-refractivity contribution >= 4 is 17.5 Å². The second-order valence-corrected chi connectivity index (χ2v) is 6.20. The predicted octanol–water partition coefficient (Wildman–Crippen LogP) is 4.07. The van der Waals surface area contributed by atoms with Crippen molar-refractivity contribution in [3.63, 3.8) is 0 Å². The van der Waals surface area contributed by atoms with Gasteiger partial charge in [-0.05, 0) is 36.8 Å². The number of H-pyrrole nitrogens is 1. The van der Waals surface area contributed by atoms with Crippen LogP contribution in [0.5, 0.6) is 11.5 Å². The van der Waals surface area contributed by atoms with Gasteiger partial charge in [0.25, 0.3) is 5.91 Å². The van der Waals surface area contributed by atoms with Crippen LogP contribution >= 0.6 is 11.6 Å². The van der Waals surface area contributed by atoms with Crippen LogP contribution in [-0.4, -0.2) is 29.8 Å². The Kier molecular flexibility index (Phi) is 5.98. The smallest absolute Gasteiger partial charge is 0.255 e. The third-order valence-corrected chi connectivity index (χ3v) is 4.25. The molecule has 0 unspecified atom stereocenters. The van der Waals surface area contributed by atoms with Crippen LogP contribution in [0.25, 0.3) is 11.3 Å². The standard InChI is InChI=1S/C20H20ClN3O3/c1-3-27-18-10-13(4-9-17(18)26-2)11-22-20(25)16-12-23-24-19(16)14-5-7-15(21)8-6-14/h4-10,12H,3,11H2,1-2H3,(H,22,25)(H,23,24). The molecule has 1 amide bonds. The summed E-state index contributed by atoms with van der Waals surface area (Å²) in [5.41, 5.74) is 2.86. The van der Waals surface area contributed by atoms with Gasteiger partial charge in [-0.25, -0.2) is 0 Å². The van der Waals surface area contributed by atoms with Crippen molar-refractivity contribution in [1.29, 1.82) is 0 Å². The summed E-state index contributed by atoms with van der Waals surface area (Å²) in [7, 11) is 1.59. The highest BCUT2D eigenvalue weighted by molar-refractivity contribution is 6.30. The maximum atomic E-state index is 12.6. The van der Waals surface area contributed by atoms with Crippen LogP contribution in [0.1, 0.15) is 22.8 Å². The number of amides is 1. The summed E-state index contributed by atoms with van der Waals surface area (Å²) in [5, 5.41) is 10.4. The second kappa shape index (κ2) is 8.60. The molecular weight excluding hydrogens is 366 g/mol. The molecular formula is C20H20ClN3O3. The maximum Gasteiger partial charge on any atom is 0.255 e. The van der Waals surface area contributed by atoms with E-state index in [1.54, 1.807) is 19.2 Å². The van der Waals surface area contributed by atoms with Crippen LogP contribution in [0.4, 0.5) is 0 Å². The van der Waals surface area contributed by atoms with E-state index in [-0.39, 0.29) is 5.91 Å². The number of carbonyl (C=O) groups is 1. The minimum absolute atomic E-state index is 0.220. The number of aromatic amines is 1. The lowest BCUT2D eigenvalue weighted by atomic mass is 10.1. The van der Waals surface area contributed by atoms with E-state index in [0.29, 0.717) is 40.9 Å². The molecule has 27 heavy (non-hydrogen) atoms. The molecule has 0 aliphatic heterocycles. The molecule has 0 aliphatic rings. The highest BCUT2D eigenvalue weighted by atomic mass is 35.5. The summed E-state index contributed by atoms with van der Waals surface area (Å²) in [6, 6.07) is 12.8. The summed E-state index contributed by atoms with van der Waals surface area (Å²) >= 11 is 5.93. The van der Waals surface area contributed by atoms with Gasteiger partial charge in [0.05, 0.1) is 31.2 Å². The van der Waals surface area contributed by atoms with E-state index in [0.717, 1.165) is 11.1 Å². The lowest BCUT2D eigenvalue weighted by Crippen LogP contribution is -2.23. The average molecular weight is 386 g/mol. The van der Waals surface area contributed by atoms with Crippen molar-refractivity contribution < 1.29 is 14.3 Å². The molecule has 3 aromatic rings. The lowest BCUT2D eigenvalue weighted by molar-refractivity contribution is 0.0951. The Balaban J connectivity index is 1.73. The van der Waals surface area contributed by atoms with E-state index in [9.17, 15) is 4.79 Å². The monoisotopic (exact) mass is 385 g/mol. The summed E-state index contributed by atoms with van der Waals surface area (Å²) < 4.78 is 10.8. The van der Waals surface area contributed by atoms with Gasteiger partial charge >= 0.3 is 0 Å². The Morgan fingerprint density at radius 3 is 2.67 bits per heavy atom. The fourth-order valence-corrected chi connectivity index (χ4v) is 2.80. The molecule has 0 spiro atoms. The molecule has 0 aliphatic carbocycles. The first-order valence-electron chi connectivity index (χ1n) is 8.49. The van der Waals surface area contributed by atoms with Crippen LogP contribution in [-0.2, 0) is 6.54 Å². The molecule has 0 atom stereocenters.